The summed E-state index contributed by atoms with van der Waals surface area (Å²) in [6, 6.07) is -4.85. The number of carboxylic acids is 2. The van der Waals surface area contributed by atoms with Crippen molar-refractivity contribution in [1.82, 2.24) is 16.0 Å². The van der Waals surface area contributed by atoms with Gasteiger partial charge in [-0.25, -0.2) is 4.79 Å². The van der Waals surface area contributed by atoms with Crippen LogP contribution < -0.4 is 33.2 Å². The first-order valence-electron chi connectivity index (χ1n) is 11.9. The highest BCUT2D eigenvalue weighted by atomic mass is 16.4. The van der Waals surface area contributed by atoms with E-state index in [1.54, 1.807) is 13.8 Å². The van der Waals surface area contributed by atoms with E-state index in [9.17, 15) is 33.9 Å². The molecular weight excluding hydrogens is 476 g/mol. The molecule has 0 aromatic heterocycles. The Kier molecular flexibility index (Phi) is 15.7. The van der Waals surface area contributed by atoms with Gasteiger partial charge in [-0.2, -0.15) is 0 Å². The van der Waals surface area contributed by atoms with Gasteiger partial charge in [-0.1, -0.05) is 20.3 Å². The van der Waals surface area contributed by atoms with Crippen LogP contribution in [0.15, 0.2) is 0 Å². The third kappa shape index (κ3) is 13.0. The van der Waals surface area contributed by atoms with E-state index in [0.29, 0.717) is 25.8 Å². The molecule has 0 saturated heterocycles. The molecule has 5 atom stereocenters. The van der Waals surface area contributed by atoms with Gasteiger partial charge in [-0.3, -0.25) is 24.0 Å². The van der Waals surface area contributed by atoms with Gasteiger partial charge in [0.05, 0.1) is 6.04 Å². The number of nitrogens with two attached hydrogens (primary N) is 3. The molecule has 0 bridgehead atoms. The van der Waals surface area contributed by atoms with Crippen LogP contribution in [0.5, 0.6) is 0 Å². The van der Waals surface area contributed by atoms with Crippen LogP contribution >= 0.6 is 0 Å². The van der Waals surface area contributed by atoms with Crippen molar-refractivity contribution in [3.63, 3.8) is 0 Å². The fraction of sp³-hybridized carbons (Fsp3) is 0.727. The van der Waals surface area contributed by atoms with Crippen molar-refractivity contribution in [1.29, 1.82) is 0 Å². The third-order valence-electron chi connectivity index (χ3n) is 5.68. The van der Waals surface area contributed by atoms with E-state index in [1.165, 1.54) is 0 Å². The van der Waals surface area contributed by atoms with E-state index in [4.69, 9.17) is 22.3 Å². The number of carbonyl (C=O) groups is 6. The van der Waals surface area contributed by atoms with Crippen LogP contribution in [0.25, 0.3) is 0 Å². The van der Waals surface area contributed by atoms with E-state index < -0.39 is 72.1 Å². The first kappa shape index (κ1) is 32.7. The zero-order chi connectivity index (χ0) is 27.8. The molecule has 0 aliphatic heterocycles. The molecule has 0 aliphatic carbocycles. The van der Waals surface area contributed by atoms with Crippen LogP contribution in [-0.2, 0) is 28.8 Å². The number of amides is 4. The van der Waals surface area contributed by atoms with Crippen molar-refractivity contribution in [2.45, 2.75) is 89.4 Å². The molecule has 14 heteroatoms. The molecule has 36 heavy (non-hydrogen) atoms. The topological polar surface area (TPSA) is 257 Å². The zero-order valence-corrected chi connectivity index (χ0v) is 20.8. The first-order chi connectivity index (χ1) is 16.8. The molecule has 0 heterocycles. The molecule has 0 fully saturated rings. The highest BCUT2D eigenvalue weighted by Crippen LogP contribution is 2.10. The summed E-state index contributed by atoms with van der Waals surface area (Å²) >= 11 is 0. The summed E-state index contributed by atoms with van der Waals surface area (Å²) in [5.74, 6) is -5.89. The normalized spacial score (nSPS) is 15.0. The van der Waals surface area contributed by atoms with E-state index >= 15 is 0 Å². The second-order valence-corrected chi connectivity index (χ2v) is 8.66. The van der Waals surface area contributed by atoms with E-state index in [1.807, 2.05) is 0 Å². The van der Waals surface area contributed by atoms with Crippen LogP contribution in [0, 0.1) is 5.92 Å². The Morgan fingerprint density at radius 3 is 1.86 bits per heavy atom. The fourth-order valence-corrected chi connectivity index (χ4v) is 3.22. The molecule has 0 aliphatic rings. The summed E-state index contributed by atoms with van der Waals surface area (Å²) in [6.45, 7) is 3.73. The highest BCUT2D eigenvalue weighted by molar-refractivity contribution is 5.94. The van der Waals surface area contributed by atoms with Crippen LogP contribution in [0.4, 0.5) is 0 Å². The van der Waals surface area contributed by atoms with Gasteiger partial charge in [-0.05, 0) is 44.6 Å². The Hall–Kier alpha value is -3.26. The van der Waals surface area contributed by atoms with Crippen LogP contribution in [0.2, 0.25) is 0 Å². The van der Waals surface area contributed by atoms with Crippen molar-refractivity contribution in [2.24, 2.45) is 23.1 Å². The Morgan fingerprint density at radius 1 is 0.806 bits per heavy atom. The fourth-order valence-electron chi connectivity index (χ4n) is 3.22. The molecule has 206 valence electrons. The highest BCUT2D eigenvalue weighted by Gasteiger charge is 2.32. The minimum Gasteiger partial charge on any atom is -0.481 e. The SMILES string of the molecule is CCC(C)C(NC(=O)C(CCC(=O)O)NC(=O)C(CCCCN)NC(=O)C(N)CCC(N)=O)C(=O)O. The number of rotatable bonds is 19. The van der Waals surface area contributed by atoms with Gasteiger partial charge in [0.1, 0.15) is 18.1 Å². The second-order valence-electron chi connectivity index (χ2n) is 8.66. The van der Waals surface area contributed by atoms with E-state index in [2.05, 4.69) is 16.0 Å². The molecule has 4 amide bonds. The average Bonchev–Trinajstić information content (AvgIpc) is 2.81. The number of aliphatic carboxylic acids is 2. The van der Waals surface area contributed by atoms with E-state index in [-0.39, 0.29) is 25.7 Å². The average molecular weight is 517 g/mol. The van der Waals surface area contributed by atoms with Gasteiger partial charge in [-0.15, -0.1) is 0 Å². The van der Waals surface area contributed by atoms with Gasteiger partial charge < -0.3 is 43.4 Å². The molecule has 0 rings (SSSR count). The molecule has 0 aromatic carbocycles. The number of carbonyl (C=O) groups excluding carboxylic acids is 4. The summed E-state index contributed by atoms with van der Waals surface area (Å²) in [5.41, 5.74) is 16.3. The molecule has 0 spiro atoms. The molecule has 11 N–H and O–H groups in total. The third-order valence-corrected chi connectivity index (χ3v) is 5.68. The lowest BCUT2D eigenvalue weighted by molar-refractivity contribution is -0.144. The lowest BCUT2D eigenvalue weighted by atomic mass is 9.98. The van der Waals surface area contributed by atoms with Crippen LogP contribution in [0.3, 0.4) is 0 Å². The predicted molar refractivity (Wildman–Crippen MR) is 129 cm³/mol. The first-order valence-corrected chi connectivity index (χ1v) is 11.9. The van der Waals surface area contributed by atoms with E-state index in [0.717, 1.165) is 0 Å². The summed E-state index contributed by atoms with van der Waals surface area (Å²) in [5, 5.41) is 25.8. The van der Waals surface area contributed by atoms with Crippen molar-refractivity contribution >= 4 is 35.6 Å². The van der Waals surface area contributed by atoms with Gasteiger partial charge in [0.2, 0.25) is 23.6 Å². The summed E-state index contributed by atoms with van der Waals surface area (Å²) < 4.78 is 0. The number of carboxylic acid groups (broad SMARTS) is 2. The summed E-state index contributed by atoms with van der Waals surface area (Å²) in [4.78, 5) is 71.9. The Morgan fingerprint density at radius 2 is 1.36 bits per heavy atom. The molecule has 0 radical (unpaired) electrons. The number of unbranched alkanes of at least 4 members (excludes halogenated alkanes) is 1. The van der Waals surface area contributed by atoms with Crippen LogP contribution in [-0.4, -0.2) is 76.5 Å². The van der Waals surface area contributed by atoms with Gasteiger partial charge >= 0.3 is 11.9 Å². The minimum atomic E-state index is -1.36. The van der Waals surface area contributed by atoms with Crippen molar-refractivity contribution in [2.75, 3.05) is 6.54 Å². The quantitative estimate of drug-likeness (QED) is 0.0889. The number of nitrogens with one attached hydrogen (secondary N) is 3. The predicted octanol–water partition coefficient (Wildman–Crippen LogP) is -1.84. The zero-order valence-electron chi connectivity index (χ0n) is 20.8. The number of hydrogen-bond acceptors (Lipinski definition) is 8. The largest absolute Gasteiger partial charge is 0.481 e. The van der Waals surface area contributed by atoms with Crippen molar-refractivity contribution < 1.29 is 39.0 Å². The maximum absolute atomic E-state index is 13.0. The van der Waals surface area contributed by atoms with Crippen molar-refractivity contribution in [3.8, 4) is 0 Å². The standard InChI is InChI=1S/C22H40N6O8/c1-3-12(2)18(22(35)36)28-21(34)15(8-10-17(30)31)27-20(33)14(6-4-5-11-23)26-19(32)13(24)7-9-16(25)29/h12-15,18H,3-11,23-24H2,1-2H3,(H2,25,29)(H,26,32)(H,27,33)(H,28,34)(H,30,31)(H,35,36). The number of primary amides is 1. The summed E-state index contributed by atoms with van der Waals surface area (Å²) in [7, 11) is 0. The molecule has 14 nitrogen and oxygen atoms in total. The lowest BCUT2D eigenvalue weighted by Crippen LogP contribution is -2.57. The molecule has 5 unspecified atom stereocenters. The monoisotopic (exact) mass is 516 g/mol. The Balaban J connectivity index is 5.61. The van der Waals surface area contributed by atoms with Gasteiger partial charge in [0.15, 0.2) is 0 Å². The smallest absolute Gasteiger partial charge is 0.326 e. The number of hydrogen-bond donors (Lipinski definition) is 8. The van der Waals surface area contributed by atoms with Crippen LogP contribution in [0.1, 0.15) is 65.2 Å². The van der Waals surface area contributed by atoms with Gasteiger partial charge in [0.25, 0.3) is 0 Å². The Bertz CT molecular complexity index is 778. The maximum atomic E-state index is 13.0. The second kappa shape index (κ2) is 17.2. The molecule has 0 aromatic rings. The molecule has 0 saturated carbocycles. The Labute approximate surface area is 210 Å². The molecular formula is C22H40N6O8. The summed E-state index contributed by atoms with van der Waals surface area (Å²) in [6.07, 6.45) is 0.663. The maximum Gasteiger partial charge on any atom is 0.326 e. The lowest BCUT2D eigenvalue weighted by Gasteiger charge is -2.26. The van der Waals surface area contributed by atoms with Crippen molar-refractivity contribution in [3.05, 3.63) is 0 Å². The minimum absolute atomic E-state index is 0.0336. The van der Waals surface area contributed by atoms with Gasteiger partial charge in [0, 0.05) is 12.8 Å².